The SMILES string of the molecule is CCC(CC)C1CN=C(NCCc2cccnc2)S1. The molecular weight excluding hydrogens is 254 g/mol. The van der Waals surface area contributed by atoms with Gasteiger partial charge in [0, 0.05) is 24.2 Å². The third-order valence-electron chi connectivity index (χ3n) is 3.67. The summed E-state index contributed by atoms with van der Waals surface area (Å²) in [7, 11) is 0. The third-order valence-corrected chi connectivity index (χ3v) is 5.00. The highest BCUT2D eigenvalue weighted by molar-refractivity contribution is 8.14. The van der Waals surface area contributed by atoms with E-state index in [0.717, 1.165) is 30.6 Å². The zero-order valence-electron chi connectivity index (χ0n) is 11.8. The van der Waals surface area contributed by atoms with Crippen molar-refractivity contribution < 1.29 is 0 Å². The predicted molar refractivity (Wildman–Crippen MR) is 83.7 cm³/mol. The van der Waals surface area contributed by atoms with Crippen molar-refractivity contribution in [1.29, 1.82) is 0 Å². The summed E-state index contributed by atoms with van der Waals surface area (Å²) in [5.74, 6) is 0.798. The van der Waals surface area contributed by atoms with Crippen molar-refractivity contribution in [2.75, 3.05) is 13.1 Å². The Kier molecular flexibility index (Phi) is 5.70. The maximum absolute atomic E-state index is 4.62. The minimum atomic E-state index is 0.677. The summed E-state index contributed by atoms with van der Waals surface area (Å²) in [6.07, 6.45) is 7.26. The zero-order chi connectivity index (χ0) is 13.5. The van der Waals surface area contributed by atoms with Gasteiger partial charge in [-0.2, -0.15) is 0 Å². The molecule has 19 heavy (non-hydrogen) atoms. The molecule has 0 bridgehead atoms. The molecule has 0 fully saturated rings. The predicted octanol–water partition coefficient (Wildman–Crippen LogP) is 3.12. The second kappa shape index (κ2) is 7.53. The summed E-state index contributed by atoms with van der Waals surface area (Å²) < 4.78 is 0. The first-order valence-corrected chi connectivity index (χ1v) is 8.05. The first kappa shape index (κ1) is 14.4. The van der Waals surface area contributed by atoms with E-state index >= 15 is 0 Å². The van der Waals surface area contributed by atoms with Crippen LogP contribution in [-0.4, -0.2) is 28.5 Å². The number of nitrogens with zero attached hydrogens (tertiary/aromatic N) is 2. The number of aliphatic imine (C=N–C) groups is 1. The van der Waals surface area contributed by atoms with Gasteiger partial charge >= 0.3 is 0 Å². The molecule has 0 amide bonds. The van der Waals surface area contributed by atoms with Crippen LogP contribution in [0.3, 0.4) is 0 Å². The number of aromatic nitrogens is 1. The van der Waals surface area contributed by atoms with E-state index in [4.69, 9.17) is 0 Å². The summed E-state index contributed by atoms with van der Waals surface area (Å²) >= 11 is 1.93. The van der Waals surface area contributed by atoms with E-state index in [1.807, 2.05) is 30.2 Å². The molecule has 1 aromatic heterocycles. The van der Waals surface area contributed by atoms with E-state index in [0.29, 0.717) is 5.25 Å². The summed E-state index contributed by atoms with van der Waals surface area (Å²) in [5.41, 5.74) is 1.27. The van der Waals surface area contributed by atoms with Crippen LogP contribution >= 0.6 is 11.8 Å². The maximum Gasteiger partial charge on any atom is 0.156 e. The topological polar surface area (TPSA) is 37.3 Å². The van der Waals surface area contributed by atoms with Crippen molar-refractivity contribution in [3.05, 3.63) is 30.1 Å². The largest absolute Gasteiger partial charge is 0.365 e. The van der Waals surface area contributed by atoms with Crippen molar-refractivity contribution in [1.82, 2.24) is 10.3 Å². The molecule has 0 saturated carbocycles. The van der Waals surface area contributed by atoms with Crippen LogP contribution < -0.4 is 5.32 Å². The van der Waals surface area contributed by atoms with Gasteiger partial charge in [0.15, 0.2) is 5.17 Å². The van der Waals surface area contributed by atoms with E-state index in [9.17, 15) is 0 Å². The Morgan fingerprint density at radius 2 is 2.26 bits per heavy atom. The van der Waals surface area contributed by atoms with Gasteiger partial charge in [-0.15, -0.1) is 0 Å². The molecule has 4 heteroatoms. The first-order chi connectivity index (χ1) is 9.33. The number of nitrogens with one attached hydrogen (secondary N) is 1. The van der Waals surface area contributed by atoms with Crippen molar-refractivity contribution in [3.8, 4) is 0 Å². The van der Waals surface area contributed by atoms with Crippen molar-refractivity contribution in [3.63, 3.8) is 0 Å². The smallest absolute Gasteiger partial charge is 0.156 e. The molecular formula is C15H23N3S. The third kappa shape index (κ3) is 4.23. The zero-order valence-corrected chi connectivity index (χ0v) is 12.6. The molecule has 3 nitrogen and oxygen atoms in total. The molecule has 0 aliphatic carbocycles. The van der Waals surface area contributed by atoms with Gasteiger partial charge in [-0.3, -0.25) is 9.98 Å². The van der Waals surface area contributed by atoms with E-state index in [2.05, 4.69) is 35.2 Å². The van der Waals surface area contributed by atoms with E-state index in [1.54, 1.807) is 0 Å². The standard InChI is InChI=1S/C15H23N3S/c1-3-13(4-2)14-11-18-15(19-14)17-9-7-12-6-5-8-16-10-12/h5-6,8,10,13-14H,3-4,7,9,11H2,1-2H3,(H,17,18). The molecule has 0 saturated heterocycles. The van der Waals surface area contributed by atoms with Gasteiger partial charge in [0.2, 0.25) is 0 Å². The van der Waals surface area contributed by atoms with Crippen LogP contribution in [-0.2, 0) is 6.42 Å². The Morgan fingerprint density at radius 1 is 1.42 bits per heavy atom. The number of hydrogen-bond acceptors (Lipinski definition) is 4. The molecule has 2 rings (SSSR count). The Balaban J connectivity index is 1.71. The van der Waals surface area contributed by atoms with Crippen molar-refractivity contribution in [2.24, 2.45) is 10.9 Å². The minimum absolute atomic E-state index is 0.677. The lowest BCUT2D eigenvalue weighted by atomic mass is 9.99. The Morgan fingerprint density at radius 3 is 2.95 bits per heavy atom. The fourth-order valence-corrected chi connectivity index (χ4v) is 3.76. The molecule has 1 N–H and O–H groups in total. The molecule has 0 radical (unpaired) electrons. The highest BCUT2D eigenvalue weighted by atomic mass is 32.2. The molecule has 1 unspecified atom stereocenters. The highest BCUT2D eigenvalue weighted by Gasteiger charge is 2.25. The second-order valence-corrected chi connectivity index (χ2v) is 6.14. The molecule has 2 heterocycles. The van der Waals surface area contributed by atoms with Gasteiger partial charge in [-0.1, -0.05) is 44.5 Å². The Labute approximate surface area is 120 Å². The maximum atomic E-state index is 4.62. The minimum Gasteiger partial charge on any atom is -0.365 e. The fraction of sp³-hybridized carbons (Fsp3) is 0.600. The number of amidine groups is 1. The Hall–Kier alpha value is -1.03. The molecule has 1 aliphatic heterocycles. The number of pyridine rings is 1. The molecule has 1 aliphatic rings. The van der Waals surface area contributed by atoms with Crippen LogP contribution in [0.5, 0.6) is 0 Å². The van der Waals surface area contributed by atoms with Crippen LogP contribution in [0.25, 0.3) is 0 Å². The van der Waals surface area contributed by atoms with Gasteiger partial charge in [-0.25, -0.2) is 0 Å². The van der Waals surface area contributed by atoms with Gasteiger partial charge in [-0.05, 0) is 24.0 Å². The van der Waals surface area contributed by atoms with Crippen LogP contribution in [0, 0.1) is 5.92 Å². The van der Waals surface area contributed by atoms with Gasteiger partial charge in [0.1, 0.15) is 0 Å². The monoisotopic (exact) mass is 277 g/mol. The lowest BCUT2D eigenvalue weighted by molar-refractivity contribution is 0.479. The lowest BCUT2D eigenvalue weighted by Gasteiger charge is -2.18. The summed E-state index contributed by atoms with van der Waals surface area (Å²) in [4.78, 5) is 8.75. The molecule has 104 valence electrons. The summed E-state index contributed by atoms with van der Waals surface area (Å²) in [6, 6.07) is 4.10. The number of rotatable bonds is 6. The van der Waals surface area contributed by atoms with Gasteiger partial charge < -0.3 is 5.32 Å². The highest BCUT2D eigenvalue weighted by Crippen LogP contribution is 2.30. The summed E-state index contributed by atoms with van der Waals surface area (Å²) in [6.45, 7) is 6.48. The van der Waals surface area contributed by atoms with Gasteiger partial charge in [0.25, 0.3) is 0 Å². The van der Waals surface area contributed by atoms with Crippen LogP contribution in [0.2, 0.25) is 0 Å². The molecule has 0 spiro atoms. The summed E-state index contributed by atoms with van der Waals surface area (Å²) in [5, 5.41) is 5.25. The average Bonchev–Trinajstić information content (AvgIpc) is 2.90. The Bertz CT molecular complexity index is 401. The van der Waals surface area contributed by atoms with Crippen LogP contribution in [0.15, 0.2) is 29.5 Å². The number of thioether (sulfide) groups is 1. The molecule has 1 aromatic rings. The lowest BCUT2D eigenvalue weighted by Crippen LogP contribution is -2.23. The van der Waals surface area contributed by atoms with E-state index in [-0.39, 0.29) is 0 Å². The van der Waals surface area contributed by atoms with Crippen LogP contribution in [0.1, 0.15) is 32.3 Å². The fourth-order valence-electron chi connectivity index (χ4n) is 2.41. The van der Waals surface area contributed by atoms with E-state index in [1.165, 1.54) is 18.4 Å². The van der Waals surface area contributed by atoms with Gasteiger partial charge in [0.05, 0.1) is 6.54 Å². The second-order valence-electron chi connectivity index (χ2n) is 4.92. The quantitative estimate of drug-likeness (QED) is 0.868. The average molecular weight is 277 g/mol. The number of hydrogen-bond donors (Lipinski definition) is 1. The van der Waals surface area contributed by atoms with Crippen molar-refractivity contribution >= 4 is 16.9 Å². The molecule has 1 atom stereocenters. The first-order valence-electron chi connectivity index (χ1n) is 7.17. The van der Waals surface area contributed by atoms with Crippen LogP contribution in [0.4, 0.5) is 0 Å². The normalized spacial score (nSPS) is 18.7. The van der Waals surface area contributed by atoms with Crippen molar-refractivity contribution in [2.45, 2.75) is 38.4 Å². The molecule has 0 aromatic carbocycles. The van der Waals surface area contributed by atoms with E-state index < -0.39 is 0 Å².